The van der Waals surface area contributed by atoms with Crippen molar-refractivity contribution in [2.45, 2.75) is 103 Å². The van der Waals surface area contributed by atoms with Crippen LogP contribution < -0.4 is 29.9 Å². The van der Waals surface area contributed by atoms with Gasteiger partial charge in [-0.2, -0.15) is 15.2 Å². The van der Waals surface area contributed by atoms with Crippen LogP contribution in [-0.4, -0.2) is 157 Å². The number of ether oxygens (including phenoxy) is 4. The number of aliphatic hydroxyl groups is 1. The number of amides is 2. The summed E-state index contributed by atoms with van der Waals surface area (Å²) in [6.45, 7) is 14.1. The molecule has 10 rings (SSSR count). The number of hydrogen-bond acceptors (Lipinski definition) is 18. The monoisotopic (exact) mass is 1080 g/mol. The maximum Gasteiger partial charge on any atom is 0.318 e. The van der Waals surface area contributed by atoms with Crippen LogP contribution in [0.2, 0.25) is 0 Å². The summed E-state index contributed by atoms with van der Waals surface area (Å²) >= 11 is 1.54. The number of aromatic nitrogens is 4. The zero-order valence-electron chi connectivity index (χ0n) is 45.2. The Balaban J connectivity index is 0.718. The topological polar surface area (TPSA) is 217 Å². The van der Waals surface area contributed by atoms with Crippen molar-refractivity contribution in [3.8, 4) is 28.3 Å². The van der Waals surface area contributed by atoms with Gasteiger partial charge in [-0.25, -0.2) is 4.98 Å². The number of nitrogens with one attached hydrogen (secondary N) is 2. The number of β-amino-alcohol motifs (C(OH)–C–C–N with tert-alkyl or cyclic N) is 1. The Hall–Kier alpha value is -6.73. The second-order valence-electron chi connectivity index (χ2n) is 21.3. The number of thiazole rings is 1. The SMILES string of the molecule is Cc1cc([C@@H](C(=O)N2CC(O)CC2C(=O)NCc2ccc(-c3scnc3C)cc2OCCOCCO[C@@H]2C[C@@H](COc3nc4c(c(N5CCN[C@@H](CC#N)C5)n3)CCN(c3cccc5ccccc35)C4)N(C)C2)C(C)C)on1. The Kier molecular flexibility index (Phi) is 17.5. The summed E-state index contributed by atoms with van der Waals surface area (Å²) in [7, 11) is 2.09. The molecule has 78 heavy (non-hydrogen) atoms. The fourth-order valence-electron chi connectivity index (χ4n) is 11.4. The second kappa shape index (κ2) is 24.9. The average molecular weight is 1080 g/mol. The van der Waals surface area contributed by atoms with Crippen molar-refractivity contribution in [1.29, 1.82) is 5.26 Å². The van der Waals surface area contributed by atoms with Gasteiger partial charge in [-0.1, -0.05) is 67.5 Å². The molecule has 7 heterocycles. The number of anilines is 2. The first-order valence-corrected chi connectivity index (χ1v) is 28.1. The van der Waals surface area contributed by atoms with E-state index in [1.165, 1.54) is 21.4 Å². The Bertz CT molecular complexity index is 3080. The summed E-state index contributed by atoms with van der Waals surface area (Å²) in [5.74, 6) is 0.534. The van der Waals surface area contributed by atoms with Crippen molar-refractivity contribution >= 4 is 45.4 Å². The van der Waals surface area contributed by atoms with Crippen LogP contribution in [0, 0.1) is 31.1 Å². The van der Waals surface area contributed by atoms with Crippen molar-refractivity contribution in [2.75, 3.05) is 89.2 Å². The molecule has 3 fully saturated rings. The lowest BCUT2D eigenvalue weighted by molar-refractivity contribution is -0.141. The number of likely N-dealkylation sites (tertiary alicyclic amines) is 2. The Morgan fingerprint density at radius 2 is 1.82 bits per heavy atom. The maximum absolute atomic E-state index is 14.0. The molecule has 3 aromatic heterocycles. The van der Waals surface area contributed by atoms with E-state index < -0.39 is 18.1 Å². The summed E-state index contributed by atoms with van der Waals surface area (Å²) in [6.07, 6.45) is 1.31. The normalized spacial score (nSPS) is 21.0. The minimum absolute atomic E-state index is 0.00163. The van der Waals surface area contributed by atoms with Gasteiger partial charge in [0.15, 0.2) is 0 Å². The predicted molar refractivity (Wildman–Crippen MR) is 297 cm³/mol. The van der Waals surface area contributed by atoms with E-state index in [0.717, 1.165) is 77.8 Å². The predicted octanol–water partition coefficient (Wildman–Crippen LogP) is 6.19. The van der Waals surface area contributed by atoms with Gasteiger partial charge < -0.3 is 53.9 Å². The van der Waals surface area contributed by atoms with Gasteiger partial charge in [0.1, 0.15) is 42.5 Å². The smallest absolute Gasteiger partial charge is 0.318 e. The van der Waals surface area contributed by atoms with Crippen LogP contribution >= 0.6 is 11.3 Å². The second-order valence-corrected chi connectivity index (χ2v) is 22.1. The van der Waals surface area contributed by atoms with Gasteiger partial charge in [-0.05, 0) is 62.7 Å². The summed E-state index contributed by atoms with van der Waals surface area (Å²) in [5.41, 5.74) is 8.40. The lowest BCUT2D eigenvalue weighted by Crippen LogP contribution is -2.51. The highest BCUT2D eigenvalue weighted by Crippen LogP contribution is 2.37. The average Bonchev–Trinajstić information content (AvgIpc) is 4.32. The zero-order valence-corrected chi connectivity index (χ0v) is 46.0. The number of carbonyl (C=O) groups is 2. The van der Waals surface area contributed by atoms with Crippen LogP contribution in [0.4, 0.5) is 11.5 Å². The van der Waals surface area contributed by atoms with Gasteiger partial charge in [-0.3, -0.25) is 14.5 Å². The van der Waals surface area contributed by atoms with E-state index in [0.29, 0.717) is 69.2 Å². The van der Waals surface area contributed by atoms with Crippen molar-refractivity contribution in [2.24, 2.45) is 5.92 Å². The molecule has 3 saturated heterocycles. The molecule has 0 aliphatic carbocycles. The lowest BCUT2D eigenvalue weighted by atomic mass is 9.91. The first-order valence-electron chi connectivity index (χ1n) is 27.3. The van der Waals surface area contributed by atoms with E-state index >= 15 is 0 Å². The number of rotatable bonds is 21. The summed E-state index contributed by atoms with van der Waals surface area (Å²) in [4.78, 5) is 51.9. The fraction of sp³-hybridized carbons (Fsp3) is 0.500. The number of likely N-dealkylation sites (N-methyl/N-ethyl adjacent to an activating group) is 1. The molecule has 6 atom stereocenters. The Morgan fingerprint density at radius 3 is 2.63 bits per heavy atom. The van der Waals surface area contributed by atoms with Gasteiger partial charge in [-0.15, -0.1) is 11.3 Å². The molecule has 412 valence electrons. The van der Waals surface area contributed by atoms with Crippen LogP contribution in [0.1, 0.15) is 73.0 Å². The number of nitrogens with zero attached hydrogens (tertiary/aromatic N) is 9. The van der Waals surface area contributed by atoms with Gasteiger partial charge in [0.2, 0.25) is 11.8 Å². The van der Waals surface area contributed by atoms with Crippen molar-refractivity contribution in [1.82, 2.24) is 40.5 Å². The molecule has 0 spiro atoms. The molecule has 3 aromatic carbocycles. The lowest BCUT2D eigenvalue weighted by Gasteiger charge is -2.37. The molecule has 0 radical (unpaired) electrons. The molecule has 6 aromatic rings. The van der Waals surface area contributed by atoms with E-state index in [9.17, 15) is 20.0 Å². The molecule has 2 amide bonds. The number of aryl methyl sites for hydroxylation is 2. The number of nitriles is 1. The number of carbonyl (C=O) groups excluding carboxylic acids is 2. The quantitative estimate of drug-likeness (QED) is 0.0685. The zero-order chi connectivity index (χ0) is 54.3. The maximum atomic E-state index is 14.0. The van der Waals surface area contributed by atoms with Crippen LogP contribution in [0.5, 0.6) is 11.8 Å². The summed E-state index contributed by atoms with van der Waals surface area (Å²) < 4.78 is 30.7. The van der Waals surface area contributed by atoms with Gasteiger partial charge >= 0.3 is 6.01 Å². The summed E-state index contributed by atoms with van der Waals surface area (Å²) in [6, 6.07) is 24.6. The van der Waals surface area contributed by atoms with E-state index in [4.69, 9.17) is 33.4 Å². The molecular formula is C58H71N11O8S. The third-order valence-electron chi connectivity index (χ3n) is 15.4. The van der Waals surface area contributed by atoms with Crippen LogP contribution in [0.25, 0.3) is 21.2 Å². The molecule has 4 aliphatic rings. The molecule has 4 aliphatic heterocycles. The molecule has 0 bridgehead atoms. The van der Waals surface area contributed by atoms with E-state index in [-0.39, 0.29) is 62.0 Å². The number of piperazine rings is 1. The van der Waals surface area contributed by atoms with Crippen molar-refractivity contribution < 1.29 is 38.2 Å². The fourth-order valence-corrected chi connectivity index (χ4v) is 12.2. The molecular weight excluding hydrogens is 1010 g/mol. The van der Waals surface area contributed by atoms with E-state index in [1.807, 2.05) is 44.5 Å². The first kappa shape index (κ1) is 54.6. The van der Waals surface area contributed by atoms with Crippen LogP contribution in [-0.2, 0) is 38.6 Å². The largest absolute Gasteiger partial charge is 0.491 e. The number of fused-ring (bicyclic) bond motifs is 2. The van der Waals surface area contributed by atoms with Gasteiger partial charge in [0.25, 0.3) is 0 Å². The molecule has 3 N–H and O–H groups in total. The Labute approximate surface area is 459 Å². The summed E-state index contributed by atoms with van der Waals surface area (Å²) in [5, 5.41) is 33.1. The first-order chi connectivity index (χ1) is 37.9. The highest BCUT2D eigenvalue weighted by Gasteiger charge is 2.43. The van der Waals surface area contributed by atoms with Crippen LogP contribution in [0.3, 0.4) is 0 Å². The molecule has 20 heteroatoms. The van der Waals surface area contributed by atoms with Crippen LogP contribution in [0.15, 0.2) is 76.8 Å². The number of benzene rings is 3. The highest BCUT2D eigenvalue weighted by atomic mass is 32.1. The van der Waals surface area contributed by atoms with E-state index in [2.05, 4.69) is 91.1 Å². The Morgan fingerprint density at radius 1 is 0.974 bits per heavy atom. The van der Waals surface area contributed by atoms with Gasteiger partial charge in [0, 0.05) is 92.6 Å². The number of aliphatic hydroxyl groups excluding tert-OH is 1. The van der Waals surface area contributed by atoms with Gasteiger partial charge in [0.05, 0.1) is 78.5 Å². The third kappa shape index (κ3) is 12.6. The molecule has 2 unspecified atom stereocenters. The van der Waals surface area contributed by atoms with Crippen molar-refractivity contribution in [3.63, 3.8) is 0 Å². The minimum Gasteiger partial charge on any atom is -0.491 e. The third-order valence-corrected chi connectivity index (χ3v) is 16.4. The minimum atomic E-state index is -0.854. The van der Waals surface area contributed by atoms with Crippen molar-refractivity contribution in [3.05, 3.63) is 106 Å². The standard InChI is InChI=1S/C58H71N11O8S/c1-36(2)53(52-25-37(3)65-77-52)57(72)69-31-44(70)28-50(69)56(71)61-29-41-14-13-40(54-38(4)62-35-78-54)26-51(41)75-24-22-73-21-23-74-45-27-43(66(5)32-45)34-76-58-63-48-33-67(49-12-8-10-39-9-6-7-11-46(39)49)19-16-47(48)55(64-58)68-20-18-60-42(30-68)15-17-59/h6-14,25-26,35-36,42-45,50,53,60,70H,15-16,18-24,27-34H2,1-5H3,(H,61,71)/t42-,43-,44?,45+,50?,53-/m0/s1. The molecule has 0 saturated carbocycles. The van der Waals surface area contributed by atoms with E-state index in [1.54, 1.807) is 24.3 Å². The number of hydrogen-bond donors (Lipinski definition) is 3. The molecule has 19 nitrogen and oxygen atoms in total. The highest BCUT2D eigenvalue weighted by molar-refractivity contribution is 7.13.